The van der Waals surface area contributed by atoms with Gasteiger partial charge in [-0.1, -0.05) is 0 Å². The van der Waals surface area contributed by atoms with Gasteiger partial charge in [0.15, 0.2) is 0 Å². The van der Waals surface area contributed by atoms with Gasteiger partial charge in [0.25, 0.3) is 0 Å². The molecule has 3 rings (SSSR count). The molecule has 9 heteroatoms. The van der Waals surface area contributed by atoms with Gasteiger partial charge in [0.2, 0.25) is 0 Å². The second-order valence-corrected chi connectivity index (χ2v) is 7.43. The van der Waals surface area contributed by atoms with Gasteiger partial charge in [-0.25, -0.2) is 9.59 Å². The molecule has 1 fully saturated rings. The highest BCUT2D eigenvalue weighted by atomic mass is 16.6. The second-order valence-electron chi connectivity index (χ2n) is 7.43. The van der Waals surface area contributed by atoms with E-state index in [1.54, 1.807) is 0 Å². The molecule has 31 heavy (non-hydrogen) atoms. The first-order chi connectivity index (χ1) is 14.8. The van der Waals surface area contributed by atoms with Crippen molar-refractivity contribution in [1.82, 2.24) is 0 Å². The molecule has 9 nitrogen and oxygen atoms in total. The molecule has 0 aromatic heterocycles. The average molecular weight is 429 g/mol. The predicted octanol–water partition coefficient (Wildman–Crippen LogP) is 2.69. The van der Waals surface area contributed by atoms with Crippen molar-refractivity contribution in [2.24, 2.45) is 17.6 Å². The van der Waals surface area contributed by atoms with Crippen molar-refractivity contribution in [3.8, 4) is 23.0 Å². The number of carbonyl (C=O) groups excluding carboxylic acids is 2. The Kier molecular flexibility index (Phi) is 6.76. The van der Waals surface area contributed by atoms with Gasteiger partial charge in [-0.2, -0.15) is 0 Å². The number of hydrogen-bond acceptors (Lipinski definition) is 8. The van der Waals surface area contributed by atoms with Gasteiger partial charge < -0.3 is 30.5 Å². The lowest BCUT2D eigenvalue weighted by atomic mass is 9.82. The van der Waals surface area contributed by atoms with Gasteiger partial charge in [0, 0.05) is 0 Å². The summed E-state index contributed by atoms with van der Waals surface area (Å²) in [6.45, 7) is 0.575. The number of benzene rings is 2. The number of rotatable bonds is 6. The molecule has 0 saturated heterocycles. The molecule has 0 radical (unpaired) electrons. The third kappa shape index (κ3) is 5.32. The first kappa shape index (κ1) is 22.1. The van der Waals surface area contributed by atoms with E-state index in [2.05, 4.69) is 0 Å². The molecule has 1 saturated carbocycles. The number of phenols is 2. The van der Waals surface area contributed by atoms with E-state index < -0.39 is 23.5 Å². The minimum Gasteiger partial charge on any atom is -0.508 e. The maximum Gasteiger partial charge on any atom is 0.347 e. The molecule has 1 aliphatic carbocycles. The number of ether oxygens (including phenoxy) is 2. The summed E-state index contributed by atoms with van der Waals surface area (Å²) in [5.41, 5.74) is 5.01. The fourth-order valence-corrected chi connectivity index (χ4v) is 3.52. The molecule has 0 atom stereocenters. The average Bonchev–Trinajstić information content (AvgIpc) is 2.76. The van der Waals surface area contributed by atoms with E-state index in [9.17, 15) is 29.7 Å². The summed E-state index contributed by atoms with van der Waals surface area (Å²) in [5.74, 6) is -3.86. The molecule has 1 aliphatic rings. The maximum absolute atomic E-state index is 12.7. The Morgan fingerprint density at radius 3 is 1.97 bits per heavy atom. The molecule has 0 spiro atoms. The summed E-state index contributed by atoms with van der Waals surface area (Å²) in [6, 6.07) is 6.82. The van der Waals surface area contributed by atoms with Gasteiger partial charge in [-0.15, -0.1) is 0 Å². The molecule has 0 unspecified atom stereocenters. The van der Waals surface area contributed by atoms with Gasteiger partial charge in [-0.3, -0.25) is 4.79 Å². The number of phenolic OH excluding ortho intramolecular Hbond substituents is 2. The molecule has 0 amide bonds. The monoisotopic (exact) mass is 429 g/mol. The Bertz CT molecular complexity index is 995. The van der Waals surface area contributed by atoms with Crippen molar-refractivity contribution >= 4 is 17.9 Å². The molecular formula is C22H23NO8. The van der Waals surface area contributed by atoms with Crippen molar-refractivity contribution in [1.29, 1.82) is 0 Å². The Morgan fingerprint density at radius 2 is 1.42 bits per heavy atom. The summed E-state index contributed by atoms with van der Waals surface area (Å²) < 4.78 is 10.6. The first-order valence-electron chi connectivity index (χ1n) is 9.81. The minimum absolute atomic E-state index is 0.107. The zero-order valence-electron chi connectivity index (χ0n) is 16.6. The lowest BCUT2D eigenvalue weighted by Gasteiger charge is -2.26. The van der Waals surface area contributed by atoms with Crippen molar-refractivity contribution in [3.05, 3.63) is 47.5 Å². The molecule has 0 bridgehead atoms. The highest BCUT2D eigenvalue weighted by Gasteiger charge is 2.29. The van der Waals surface area contributed by atoms with E-state index in [4.69, 9.17) is 15.2 Å². The van der Waals surface area contributed by atoms with Crippen LogP contribution in [0.2, 0.25) is 0 Å². The third-order valence-corrected chi connectivity index (χ3v) is 5.30. The summed E-state index contributed by atoms with van der Waals surface area (Å²) in [7, 11) is 0. The quantitative estimate of drug-likeness (QED) is 0.400. The van der Waals surface area contributed by atoms with Crippen LogP contribution in [0.4, 0.5) is 0 Å². The number of aromatic hydroxyl groups is 2. The second kappa shape index (κ2) is 9.48. The standard InChI is InChI=1S/C22H23NO8/c23-11-12-1-3-13(4-2-12)21(28)30-19-8-6-15(25)10-17(19)22(29)31-18-7-5-14(24)9-16(18)20(26)27/h5-10,12-13,24-25H,1-4,11,23H2,(H,26,27)/t12-,13-. The Morgan fingerprint density at radius 1 is 0.871 bits per heavy atom. The zero-order valence-corrected chi connectivity index (χ0v) is 16.6. The normalized spacial score (nSPS) is 18.2. The van der Waals surface area contributed by atoms with Crippen LogP contribution in [0.1, 0.15) is 46.4 Å². The van der Waals surface area contributed by atoms with E-state index in [1.807, 2.05) is 0 Å². The molecule has 164 valence electrons. The first-order valence-corrected chi connectivity index (χ1v) is 9.81. The Labute approximate surface area is 178 Å². The number of esters is 2. The SMILES string of the molecule is NC[C@H]1CC[C@H](C(=O)Oc2ccc(O)cc2C(=O)Oc2ccc(O)cc2C(=O)O)CC1. The number of carboxylic acid groups (broad SMARTS) is 1. The van der Waals surface area contributed by atoms with Crippen LogP contribution in [0, 0.1) is 11.8 Å². The van der Waals surface area contributed by atoms with Crippen LogP contribution in [0.15, 0.2) is 36.4 Å². The summed E-state index contributed by atoms with van der Waals surface area (Å²) in [5, 5.41) is 28.5. The number of hydrogen-bond donors (Lipinski definition) is 4. The highest BCUT2D eigenvalue weighted by molar-refractivity contribution is 5.98. The topological polar surface area (TPSA) is 156 Å². The van der Waals surface area contributed by atoms with E-state index in [0.29, 0.717) is 25.3 Å². The summed E-state index contributed by atoms with van der Waals surface area (Å²) in [6.07, 6.45) is 2.90. The van der Waals surface area contributed by atoms with E-state index >= 15 is 0 Å². The van der Waals surface area contributed by atoms with Crippen LogP contribution in [0.25, 0.3) is 0 Å². The number of carboxylic acids is 1. The minimum atomic E-state index is -1.41. The van der Waals surface area contributed by atoms with Crippen molar-refractivity contribution in [3.63, 3.8) is 0 Å². The lowest BCUT2D eigenvalue weighted by molar-refractivity contribution is -0.140. The number of nitrogens with two attached hydrogens (primary N) is 1. The van der Waals surface area contributed by atoms with Crippen LogP contribution >= 0.6 is 0 Å². The number of aromatic carboxylic acids is 1. The Balaban J connectivity index is 1.79. The summed E-state index contributed by atoms with van der Waals surface area (Å²) in [4.78, 5) is 36.6. The molecule has 0 aliphatic heterocycles. The summed E-state index contributed by atoms with van der Waals surface area (Å²) >= 11 is 0. The van der Waals surface area contributed by atoms with Gasteiger partial charge >= 0.3 is 17.9 Å². The zero-order chi connectivity index (χ0) is 22.5. The molecule has 0 heterocycles. The van der Waals surface area contributed by atoms with Crippen molar-refractivity contribution < 1.29 is 39.2 Å². The largest absolute Gasteiger partial charge is 0.508 e. The van der Waals surface area contributed by atoms with E-state index in [1.165, 1.54) is 12.1 Å². The maximum atomic E-state index is 12.7. The molecule has 5 N–H and O–H groups in total. The van der Waals surface area contributed by atoms with Gasteiger partial charge in [0.05, 0.1) is 5.92 Å². The van der Waals surface area contributed by atoms with Crippen LogP contribution < -0.4 is 15.2 Å². The Hall–Kier alpha value is -3.59. The van der Waals surface area contributed by atoms with Crippen molar-refractivity contribution in [2.45, 2.75) is 25.7 Å². The smallest absolute Gasteiger partial charge is 0.347 e. The lowest BCUT2D eigenvalue weighted by Crippen LogP contribution is -2.28. The highest BCUT2D eigenvalue weighted by Crippen LogP contribution is 2.32. The van der Waals surface area contributed by atoms with Gasteiger partial charge in [-0.05, 0) is 74.5 Å². The van der Waals surface area contributed by atoms with Crippen LogP contribution in [-0.4, -0.2) is 39.8 Å². The van der Waals surface area contributed by atoms with E-state index in [0.717, 1.165) is 37.1 Å². The molecule has 2 aromatic carbocycles. The van der Waals surface area contributed by atoms with Crippen molar-refractivity contribution in [2.75, 3.05) is 6.54 Å². The predicted molar refractivity (Wildman–Crippen MR) is 108 cm³/mol. The third-order valence-electron chi connectivity index (χ3n) is 5.30. The molecular weight excluding hydrogens is 406 g/mol. The van der Waals surface area contributed by atoms with Gasteiger partial charge in [0.1, 0.15) is 34.1 Å². The fourth-order valence-electron chi connectivity index (χ4n) is 3.52. The number of carbonyl (C=O) groups is 3. The fraction of sp³-hybridized carbons (Fsp3) is 0.318. The molecule has 2 aromatic rings. The van der Waals surface area contributed by atoms with Crippen LogP contribution in [0.3, 0.4) is 0 Å². The van der Waals surface area contributed by atoms with E-state index in [-0.39, 0.29) is 34.5 Å². The van der Waals surface area contributed by atoms with Crippen LogP contribution in [0.5, 0.6) is 23.0 Å². The van der Waals surface area contributed by atoms with Crippen LogP contribution in [-0.2, 0) is 4.79 Å².